The first-order valence-electron chi connectivity index (χ1n) is 7.54. The summed E-state index contributed by atoms with van der Waals surface area (Å²) < 4.78 is 5.79. The van der Waals surface area contributed by atoms with E-state index in [0.29, 0.717) is 6.61 Å². The molecule has 0 aliphatic carbocycles. The first kappa shape index (κ1) is 15.3. The molecule has 1 aromatic heterocycles. The van der Waals surface area contributed by atoms with Gasteiger partial charge in [-0.25, -0.2) is 4.98 Å². The minimum absolute atomic E-state index is 0.597. The van der Waals surface area contributed by atoms with Gasteiger partial charge in [0.25, 0.3) is 0 Å². The maximum absolute atomic E-state index is 5.79. The van der Waals surface area contributed by atoms with Crippen LogP contribution in [-0.2, 0) is 13.0 Å². The highest BCUT2D eigenvalue weighted by molar-refractivity contribution is 7.10. The van der Waals surface area contributed by atoms with Crippen LogP contribution in [0.25, 0.3) is 0 Å². The smallest absolute Gasteiger partial charge is 0.166 e. The number of hydrogen-bond acceptors (Lipinski definition) is 3. The molecule has 3 aromatic rings. The second-order valence-electron chi connectivity index (χ2n) is 5.06. The van der Waals surface area contributed by atoms with E-state index in [4.69, 9.17) is 4.74 Å². The van der Waals surface area contributed by atoms with Gasteiger partial charge in [0.15, 0.2) is 5.01 Å². The zero-order valence-electron chi connectivity index (χ0n) is 12.7. The molecule has 0 fully saturated rings. The number of rotatable bonds is 5. The van der Waals surface area contributed by atoms with Crippen LogP contribution >= 0.6 is 11.3 Å². The van der Waals surface area contributed by atoms with Crippen LogP contribution in [0.1, 0.15) is 22.6 Å². The molecule has 3 heteroatoms. The van der Waals surface area contributed by atoms with E-state index in [2.05, 4.69) is 41.1 Å². The molecule has 2 aromatic carbocycles. The molecule has 0 aliphatic heterocycles. The number of nitrogens with zero attached hydrogens (tertiary/aromatic N) is 1. The van der Waals surface area contributed by atoms with Crippen molar-refractivity contribution in [1.82, 2.24) is 4.98 Å². The van der Waals surface area contributed by atoms with Gasteiger partial charge in [0.1, 0.15) is 12.4 Å². The van der Waals surface area contributed by atoms with Crippen LogP contribution in [-0.4, -0.2) is 4.98 Å². The summed E-state index contributed by atoms with van der Waals surface area (Å²) in [5, 5.41) is 2.83. The van der Waals surface area contributed by atoms with Crippen molar-refractivity contribution in [3.05, 3.63) is 82.3 Å². The van der Waals surface area contributed by atoms with Gasteiger partial charge in [0.05, 0.1) is 0 Å². The van der Waals surface area contributed by atoms with E-state index in [1.54, 1.807) is 17.5 Å². The fourth-order valence-corrected chi connectivity index (χ4v) is 2.63. The average molecular weight is 319 g/mol. The molecule has 2 nitrogen and oxygen atoms in total. The van der Waals surface area contributed by atoms with Crippen molar-refractivity contribution in [1.29, 1.82) is 0 Å². The largest absolute Gasteiger partial charge is 0.489 e. The average Bonchev–Trinajstić information content (AvgIpc) is 3.12. The zero-order valence-corrected chi connectivity index (χ0v) is 13.6. The van der Waals surface area contributed by atoms with Gasteiger partial charge in [0.2, 0.25) is 0 Å². The van der Waals surface area contributed by atoms with Gasteiger partial charge >= 0.3 is 0 Å². The summed E-state index contributed by atoms with van der Waals surface area (Å²) in [7, 11) is 0. The molecule has 0 N–H and O–H groups in total. The van der Waals surface area contributed by atoms with Gasteiger partial charge in [0, 0.05) is 18.0 Å². The van der Waals surface area contributed by atoms with Crippen molar-refractivity contribution >= 4 is 11.3 Å². The fourth-order valence-electron chi connectivity index (χ4n) is 2.12. The lowest BCUT2D eigenvalue weighted by Crippen LogP contribution is -1.95. The number of aromatic nitrogens is 1. The molecule has 0 unspecified atom stereocenters. The summed E-state index contributed by atoms with van der Waals surface area (Å²) in [5.41, 5.74) is 2.44. The third kappa shape index (κ3) is 4.98. The van der Waals surface area contributed by atoms with E-state index in [1.165, 1.54) is 11.1 Å². The molecule has 0 bridgehead atoms. The van der Waals surface area contributed by atoms with Crippen molar-refractivity contribution in [3.63, 3.8) is 0 Å². The molecular weight excluding hydrogens is 302 g/mol. The predicted octanol–water partition coefficient (Wildman–Crippen LogP) is 4.71. The van der Waals surface area contributed by atoms with Gasteiger partial charge in [-0.2, -0.15) is 0 Å². The number of thiazole rings is 1. The molecule has 0 aliphatic rings. The SMILES string of the molecule is C(#Cc1nccs1)CCc1ccc(OCc2ccccc2)cc1. The summed E-state index contributed by atoms with van der Waals surface area (Å²) in [6.07, 6.45) is 3.56. The highest BCUT2D eigenvalue weighted by atomic mass is 32.1. The Morgan fingerprint density at radius 1 is 0.957 bits per heavy atom. The first-order valence-corrected chi connectivity index (χ1v) is 8.42. The Morgan fingerprint density at radius 2 is 1.78 bits per heavy atom. The van der Waals surface area contributed by atoms with Crippen LogP contribution in [0.3, 0.4) is 0 Å². The number of benzene rings is 2. The summed E-state index contributed by atoms with van der Waals surface area (Å²) >= 11 is 1.57. The third-order valence-corrected chi connectivity index (χ3v) is 4.03. The van der Waals surface area contributed by atoms with Gasteiger partial charge < -0.3 is 4.74 Å². The lowest BCUT2D eigenvalue weighted by Gasteiger charge is -2.07. The molecule has 0 spiro atoms. The molecule has 0 saturated carbocycles. The first-order chi connectivity index (χ1) is 11.4. The lowest BCUT2D eigenvalue weighted by molar-refractivity contribution is 0.306. The molecule has 1 heterocycles. The summed E-state index contributed by atoms with van der Waals surface area (Å²) in [6.45, 7) is 0.597. The molecule has 114 valence electrons. The summed E-state index contributed by atoms with van der Waals surface area (Å²) in [6, 6.07) is 18.4. The minimum atomic E-state index is 0.597. The van der Waals surface area contributed by atoms with E-state index < -0.39 is 0 Å². The number of hydrogen-bond donors (Lipinski definition) is 0. The Morgan fingerprint density at radius 3 is 2.52 bits per heavy atom. The molecular formula is C20H17NOS. The fraction of sp³-hybridized carbons (Fsp3) is 0.150. The van der Waals surface area contributed by atoms with Crippen molar-refractivity contribution in [2.45, 2.75) is 19.4 Å². The van der Waals surface area contributed by atoms with E-state index >= 15 is 0 Å². The maximum Gasteiger partial charge on any atom is 0.166 e. The number of ether oxygens (including phenoxy) is 1. The van der Waals surface area contributed by atoms with Gasteiger partial charge in [-0.3, -0.25) is 0 Å². The van der Waals surface area contributed by atoms with Crippen molar-refractivity contribution in [2.24, 2.45) is 0 Å². The molecule has 0 radical (unpaired) electrons. The zero-order chi connectivity index (χ0) is 15.7. The lowest BCUT2D eigenvalue weighted by atomic mass is 10.1. The normalized spacial score (nSPS) is 9.91. The monoisotopic (exact) mass is 319 g/mol. The Balaban J connectivity index is 1.47. The Labute approximate surface area is 140 Å². The van der Waals surface area contributed by atoms with Gasteiger partial charge in [-0.15, -0.1) is 11.3 Å². The molecule has 0 atom stereocenters. The second-order valence-corrected chi connectivity index (χ2v) is 5.95. The van der Waals surface area contributed by atoms with Crippen LogP contribution in [0, 0.1) is 11.8 Å². The summed E-state index contributed by atoms with van der Waals surface area (Å²) in [5.74, 6) is 7.14. The highest BCUT2D eigenvalue weighted by Gasteiger charge is 1.97. The van der Waals surface area contributed by atoms with Crippen LogP contribution in [0.15, 0.2) is 66.2 Å². The highest BCUT2D eigenvalue weighted by Crippen LogP contribution is 2.15. The molecule has 3 rings (SSSR count). The van der Waals surface area contributed by atoms with E-state index in [0.717, 1.165) is 23.6 Å². The second kappa shape index (κ2) is 8.17. The van der Waals surface area contributed by atoms with Crippen LogP contribution < -0.4 is 4.74 Å². The topological polar surface area (TPSA) is 22.1 Å². The predicted molar refractivity (Wildman–Crippen MR) is 94.5 cm³/mol. The minimum Gasteiger partial charge on any atom is -0.489 e. The van der Waals surface area contributed by atoms with E-state index in [9.17, 15) is 0 Å². The van der Waals surface area contributed by atoms with Crippen molar-refractivity contribution in [2.75, 3.05) is 0 Å². The van der Waals surface area contributed by atoms with E-state index in [-0.39, 0.29) is 0 Å². The van der Waals surface area contributed by atoms with Gasteiger partial charge in [-0.05, 0) is 35.6 Å². The quantitative estimate of drug-likeness (QED) is 0.636. The van der Waals surface area contributed by atoms with Gasteiger partial charge in [-0.1, -0.05) is 48.4 Å². The molecule has 23 heavy (non-hydrogen) atoms. The summed E-state index contributed by atoms with van der Waals surface area (Å²) in [4.78, 5) is 4.15. The van der Waals surface area contributed by atoms with Crippen LogP contribution in [0.2, 0.25) is 0 Å². The van der Waals surface area contributed by atoms with Crippen LogP contribution in [0.5, 0.6) is 5.75 Å². The standard InChI is InChI=1S/C20H17NOS/c1-2-7-18(8-3-1)16-22-19-12-10-17(11-13-19)6-4-5-9-20-21-14-15-23-20/h1-3,7-8,10-15H,4,6,16H2. The molecule has 0 amide bonds. The van der Waals surface area contributed by atoms with Crippen molar-refractivity contribution < 1.29 is 4.74 Å². The molecule has 0 saturated heterocycles. The Kier molecular flexibility index (Phi) is 5.44. The maximum atomic E-state index is 5.79. The third-order valence-electron chi connectivity index (χ3n) is 3.34. The Bertz CT molecular complexity index is 768. The van der Waals surface area contributed by atoms with Crippen LogP contribution in [0.4, 0.5) is 0 Å². The van der Waals surface area contributed by atoms with E-state index in [1.807, 2.05) is 35.7 Å². The van der Waals surface area contributed by atoms with Crippen molar-refractivity contribution in [3.8, 4) is 17.6 Å². The Hall–Kier alpha value is -2.57. The number of aryl methyl sites for hydroxylation is 1.